The fraction of sp³-hybridized carbons (Fsp3) is 0.588. The Morgan fingerprint density at radius 2 is 1.90 bits per heavy atom. The zero-order valence-electron chi connectivity index (χ0n) is 12.7. The molecule has 0 radical (unpaired) electrons. The van der Waals surface area contributed by atoms with Crippen molar-refractivity contribution in [2.45, 2.75) is 25.3 Å². The Balaban J connectivity index is 1.52. The van der Waals surface area contributed by atoms with Crippen LogP contribution in [-0.4, -0.2) is 54.5 Å². The maximum Gasteiger partial charge on any atom is 0.226 e. The molecule has 0 aromatic heterocycles. The molecular weight excluding hydrogens is 262 g/mol. The summed E-state index contributed by atoms with van der Waals surface area (Å²) in [5, 5.41) is 0. The first kappa shape index (κ1) is 14.5. The highest BCUT2D eigenvalue weighted by atomic mass is 16.2. The van der Waals surface area contributed by atoms with E-state index in [0.29, 0.717) is 24.4 Å². The Morgan fingerprint density at radius 3 is 2.52 bits per heavy atom. The quantitative estimate of drug-likeness (QED) is 0.907. The minimum atomic E-state index is 0.214. The topological polar surface area (TPSA) is 49.6 Å². The zero-order chi connectivity index (χ0) is 14.8. The van der Waals surface area contributed by atoms with Gasteiger partial charge in [-0.3, -0.25) is 9.69 Å². The fourth-order valence-corrected chi connectivity index (χ4v) is 3.30. The van der Waals surface area contributed by atoms with Crippen molar-refractivity contribution in [3.8, 4) is 0 Å². The van der Waals surface area contributed by atoms with Crippen molar-refractivity contribution < 1.29 is 4.79 Å². The number of rotatable bonds is 4. The van der Waals surface area contributed by atoms with Crippen LogP contribution in [0.4, 0.5) is 0 Å². The van der Waals surface area contributed by atoms with Gasteiger partial charge in [-0.2, -0.15) is 0 Å². The van der Waals surface area contributed by atoms with Gasteiger partial charge in [-0.05, 0) is 24.8 Å². The summed E-state index contributed by atoms with van der Waals surface area (Å²) in [6.07, 6.45) is 1.02. The molecule has 2 aliphatic rings. The lowest BCUT2D eigenvalue weighted by molar-refractivity contribution is -0.134. The Bertz CT molecular complexity index is 482. The number of benzene rings is 1. The van der Waals surface area contributed by atoms with Gasteiger partial charge in [-0.15, -0.1) is 0 Å². The second kappa shape index (κ2) is 6.16. The molecule has 0 bridgehead atoms. The van der Waals surface area contributed by atoms with E-state index in [1.807, 2.05) is 11.0 Å². The molecule has 1 amide bonds. The molecule has 114 valence electrons. The van der Waals surface area contributed by atoms with Gasteiger partial charge in [-0.25, -0.2) is 0 Å². The van der Waals surface area contributed by atoms with E-state index in [1.54, 1.807) is 0 Å². The molecule has 2 N–H and O–H groups in total. The van der Waals surface area contributed by atoms with E-state index in [9.17, 15) is 4.79 Å². The van der Waals surface area contributed by atoms with Crippen LogP contribution in [0.3, 0.4) is 0 Å². The number of carbonyl (C=O) groups is 1. The zero-order valence-corrected chi connectivity index (χ0v) is 12.7. The van der Waals surface area contributed by atoms with Crippen LogP contribution >= 0.6 is 0 Å². The first-order chi connectivity index (χ1) is 10.2. The van der Waals surface area contributed by atoms with E-state index < -0.39 is 0 Å². The predicted octanol–water partition coefficient (Wildman–Crippen LogP) is 1.28. The lowest BCUT2D eigenvalue weighted by Crippen LogP contribution is -2.53. The summed E-state index contributed by atoms with van der Waals surface area (Å²) >= 11 is 0. The molecule has 1 aliphatic carbocycles. The van der Waals surface area contributed by atoms with Gasteiger partial charge in [0.1, 0.15) is 0 Å². The number of carbonyl (C=O) groups excluding carboxylic acids is 1. The molecule has 1 aliphatic heterocycles. The van der Waals surface area contributed by atoms with Crippen LogP contribution in [0, 0.1) is 5.92 Å². The van der Waals surface area contributed by atoms with Crippen LogP contribution in [0.15, 0.2) is 30.3 Å². The van der Waals surface area contributed by atoms with Gasteiger partial charge in [-0.1, -0.05) is 30.3 Å². The summed E-state index contributed by atoms with van der Waals surface area (Å²) in [6, 6.07) is 10.8. The maximum atomic E-state index is 12.6. The maximum absolute atomic E-state index is 12.6. The van der Waals surface area contributed by atoms with Gasteiger partial charge in [0.2, 0.25) is 5.91 Å². The minimum Gasteiger partial charge on any atom is -0.340 e. The summed E-state index contributed by atoms with van der Waals surface area (Å²) in [5.74, 6) is 1.01. The second-order valence-corrected chi connectivity index (χ2v) is 6.31. The van der Waals surface area contributed by atoms with Gasteiger partial charge in [0.15, 0.2) is 0 Å². The van der Waals surface area contributed by atoms with Gasteiger partial charge in [0.05, 0.1) is 0 Å². The molecule has 1 heterocycles. The summed E-state index contributed by atoms with van der Waals surface area (Å²) in [6.45, 7) is 6.44. The number of hydrogen-bond donors (Lipinski definition) is 1. The molecule has 21 heavy (non-hydrogen) atoms. The molecule has 1 saturated heterocycles. The van der Waals surface area contributed by atoms with Crippen LogP contribution in [0.25, 0.3) is 0 Å². The van der Waals surface area contributed by atoms with E-state index in [2.05, 4.69) is 36.1 Å². The summed E-state index contributed by atoms with van der Waals surface area (Å²) in [7, 11) is 0. The number of piperazine rings is 1. The number of nitrogens with zero attached hydrogens (tertiary/aromatic N) is 2. The Morgan fingerprint density at radius 1 is 1.24 bits per heavy atom. The molecule has 1 aromatic carbocycles. The van der Waals surface area contributed by atoms with Crippen LogP contribution in [0.5, 0.6) is 0 Å². The van der Waals surface area contributed by atoms with Crippen molar-refractivity contribution in [1.82, 2.24) is 9.80 Å². The van der Waals surface area contributed by atoms with E-state index in [1.165, 1.54) is 5.56 Å². The third kappa shape index (κ3) is 3.11. The molecule has 1 saturated carbocycles. The highest BCUT2D eigenvalue weighted by Gasteiger charge is 2.46. The molecule has 4 nitrogen and oxygen atoms in total. The van der Waals surface area contributed by atoms with Crippen molar-refractivity contribution in [3.05, 3.63) is 35.9 Å². The monoisotopic (exact) mass is 287 g/mol. The standard InChI is InChI=1S/C17H25N3O/c1-13(12-18)19-7-9-20(10-8-19)17(21)16-11-15(16)14-5-3-2-4-6-14/h2-6,13,15-16H,7-12,18H2,1H3. The lowest BCUT2D eigenvalue weighted by Gasteiger charge is -2.37. The number of amides is 1. The minimum absolute atomic E-state index is 0.214. The van der Waals surface area contributed by atoms with Crippen molar-refractivity contribution in [2.24, 2.45) is 11.7 Å². The van der Waals surface area contributed by atoms with Crippen LogP contribution < -0.4 is 5.73 Å². The van der Waals surface area contributed by atoms with Crippen LogP contribution in [0.1, 0.15) is 24.8 Å². The summed E-state index contributed by atoms with van der Waals surface area (Å²) < 4.78 is 0. The second-order valence-electron chi connectivity index (χ2n) is 6.31. The Kier molecular flexibility index (Phi) is 4.27. The average Bonchev–Trinajstić information content (AvgIpc) is 3.35. The molecule has 4 heteroatoms. The van der Waals surface area contributed by atoms with Crippen molar-refractivity contribution in [1.29, 1.82) is 0 Å². The first-order valence-corrected chi connectivity index (χ1v) is 7.98. The fourth-order valence-electron chi connectivity index (χ4n) is 3.30. The van der Waals surface area contributed by atoms with Crippen molar-refractivity contribution >= 4 is 5.91 Å². The van der Waals surface area contributed by atoms with Crippen molar-refractivity contribution in [3.63, 3.8) is 0 Å². The number of hydrogen-bond acceptors (Lipinski definition) is 3. The van der Waals surface area contributed by atoms with Gasteiger partial charge < -0.3 is 10.6 Å². The third-order valence-corrected chi connectivity index (χ3v) is 4.93. The van der Waals surface area contributed by atoms with Crippen LogP contribution in [0.2, 0.25) is 0 Å². The Hall–Kier alpha value is -1.39. The van der Waals surface area contributed by atoms with E-state index in [4.69, 9.17) is 5.73 Å². The van der Waals surface area contributed by atoms with Gasteiger partial charge >= 0.3 is 0 Å². The molecular formula is C17H25N3O. The normalized spacial score (nSPS) is 27.4. The van der Waals surface area contributed by atoms with Crippen LogP contribution in [-0.2, 0) is 4.79 Å². The molecule has 1 aromatic rings. The molecule has 3 unspecified atom stereocenters. The highest BCUT2D eigenvalue weighted by Crippen LogP contribution is 2.48. The third-order valence-electron chi connectivity index (χ3n) is 4.93. The smallest absolute Gasteiger partial charge is 0.226 e. The Labute approximate surface area is 126 Å². The molecule has 0 spiro atoms. The molecule has 3 atom stereocenters. The highest BCUT2D eigenvalue weighted by molar-refractivity contribution is 5.83. The predicted molar refractivity (Wildman–Crippen MR) is 84.0 cm³/mol. The summed E-state index contributed by atoms with van der Waals surface area (Å²) in [5.41, 5.74) is 7.03. The summed E-state index contributed by atoms with van der Waals surface area (Å²) in [4.78, 5) is 17.0. The van der Waals surface area contributed by atoms with E-state index in [0.717, 1.165) is 32.6 Å². The van der Waals surface area contributed by atoms with Gasteiger partial charge in [0, 0.05) is 44.7 Å². The number of nitrogens with two attached hydrogens (primary N) is 1. The molecule has 3 rings (SSSR count). The first-order valence-electron chi connectivity index (χ1n) is 7.98. The lowest BCUT2D eigenvalue weighted by atomic mass is 10.1. The SMILES string of the molecule is CC(CN)N1CCN(C(=O)C2CC2c2ccccc2)CC1. The largest absolute Gasteiger partial charge is 0.340 e. The van der Waals surface area contributed by atoms with E-state index in [-0.39, 0.29) is 5.92 Å². The molecule has 2 fully saturated rings. The van der Waals surface area contributed by atoms with Crippen molar-refractivity contribution in [2.75, 3.05) is 32.7 Å². The van der Waals surface area contributed by atoms with Gasteiger partial charge in [0.25, 0.3) is 0 Å². The average molecular weight is 287 g/mol. The van der Waals surface area contributed by atoms with E-state index >= 15 is 0 Å².